The highest BCUT2D eigenvalue weighted by Crippen LogP contribution is 2.68. The third-order valence-corrected chi connectivity index (χ3v) is 13.8. The van der Waals surface area contributed by atoms with Crippen molar-refractivity contribution in [2.45, 2.75) is 91.4 Å². The number of likely N-dealkylation sites (N-methyl/N-ethyl adjacent to an activating group) is 2. The maximum Gasteiger partial charge on any atom is 0.201 e. The Bertz CT molecular complexity index is 1740. The van der Waals surface area contributed by atoms with Crippen LogP contribution in [-0.4, -0.2) is 103 Å². The lowest BCUT2D eigenvalue weighted by atomic mass is 9.47. The number of rotatable bonds is 3. The Morgan fingerprint density at radius 3 is 2.60 bits per heavy atom. The summed E-state index contributed by atoms with van der Waals surface area (Å²) in [6.45, 7) is 0.743. The molecule has 0 amide bonds. The van der Waals surface area contributed by atoms with Gasteiger partial charge in [-0.15, -0.1) is 0 Å². The van der Waals surface area contributed by atoms with Crippen LogP contribution in [0.3, 0.4) is 0 Å². The zero-order chi connectivity index (χ0) is 30.8. The first kappa shape index (κ1) is 27.0. The van der Waals surface area contributed by atoms with E-state index in [-0.39, 0.29) is 47.3 Å². The van der Waals surface area contributed by atoms with E-state index < -0.39 is 17.1 Å². The number of likely N-dealkylation sites (tertiary alicyclic amines) is 2. The minimum atomic E-state index is -1.32. The van der Waals surface area contributed by atoms with Gasteiger partial charge in [0.1, 0.15) is 11.7 Å². The summed E-state index contributed by atoms with van der Waals surface area (Å²) in [5.41, 5.74) is 2.46. The minimum absolute atomic E-state index is 0.0365. The summed E-state index contributed by atoms with van der Waals surface area (Å²) in [6.07, 6.45) is 5.50. The average Bonchev–Trinajstić information content (AvgIpc) is 3.57. The van der Waals surface area contributed by atoms with E-state index in [1.165, 1.54) is 11.1 Å². The highest BCUT2D eigenvalue weighted by atomic mass is 16.6. The minimum Gasteiger partial charge on any atom is -0.504 e. The van der Waals surface area contributed by atoms with Crippen molar-refractivity contribution in [3.05, 3.63) is 58.2 Å². The molecule has 3 fully saturated rings. The number of ketones is 1. The molecular formula is C36H40N2O7. The van der Waals surface area contributed by atoms with E-state index in [9.17, 15) is 15.0 Å². The van der Waals surface area contributed by atoms with Crippen molar-refractivity contribution in [3.8, 4) is 23.0 Å². The van der Waals surface area contributed by atoms with Crippen LogP contribution in [0.15, 0.2) is 35.9 Å². The fourth-order valence-corrected chi connectivity index (χ4v) is 12.0. The number of hydrogen-bond acceptors (Lipinski definition) is 9. The average molecular weight is 613 g/mol. The molecule has 9 nitrogen and oxygen atoms in total. The third-order valence-electron chi connectivity index (χ3n) is 13.8. The Morgan fingerprint density at radius 2 is 1.80 bits per heavy atom. The highest BCUT2D eigenvalue weighted by Gasteiger charge is 2.74. The molecule has 2 saturated heterocycles. The van der Waals surface area contributed by atoms with Gasteiger partial charge in [-0.05, 0) is 94.4 Å². The zero-order valence-corrected chi connectivity index (χ0v) is 26.2. The number of benzene rings is 2. The SMILES string of the molecule is COc1ccc2c3c1O[C@H]1C(OC)CCC4C(C2)N(C)[C@H](C2=C[C@@]5(O)[C@H]6Cc7ccc(O)c8c7[C@@]5(CCN6C)[C@@H](O8)C2=O)C[C@@]341. The van der Waals surface area contributed by atoms with Gasteiger partial charge >= 0.3 is 0 Å². The molecule has 2 N–H and O–H groups in total. The number of piperidine rings is 2. The van der Waals surface area contributed by atoms with Crippen molar-refractivity contribution in [2.75, 3.05) is 34.9 Å². The lowest BCUT2D eigenvalue weighted by molar-refractivity contribution is -0.156. The van der Waals surface area contributed by atoms with Gasteiger partial charge < -0.3 is 29.2 Å². The molecule has 0 radical (unpaired) electrons. The Hall–Kier alpha value is -3.11. The van der Waals surface area contributed by atoms with Crippen LogP contribution >= 0.6 is 0 Å². The molecule has 1 saturated carbocycles. The fraction of sp³-hybridized carbons (Fsp3) is 0.583. The number of phenols is 1. The predicted molar refractivity (Wildman–Crippen MR) is 163 cm³/mol. The standard InChI is InChI=1S/C36H40N2O7/c1-37-12-11-35-28-18-5-8-23(39)30(28)44-33(35)29(40)19(15-36(35,41)26(37)14-18)22-16-34-20-7-10-25(43-4)32(34)45-31-24(42-3)9-6-17(27(31)34)13-21(20)38(22)2/h5-6,8-9,15,20-22,25-26,32-33,39,41H,7,10-14,16H2,1-4H3/t20?,21?,22-,25?,26+,32-,33-,34-,35-,36+/m0/s1. The Morgan fingerprint density at radius 1 is 1.00 bits per heavy atom. The van der Waals surface area contributed by atoms with Gasteiger partial charge in [0, 0.05) is 47.4 Å². The first-order valence-corrected chi connectivity index (χ1v) is 16.5. The summed E-state index contributed by atoms with van der Waals surface area (Å²) in [5.74, 6) is 2.26. The number of carbonyl (C=O) groups excluding carboxylic acids is 1. The number of ether oxygens (including phenoxy) is 4. The molecule has 0 aromatic heterocycles. The van der Waals surface area contributed by atoms with Gasteiger partial charge in [-0.1, -0.05) is 12.1 Å². The third kappa shape index (κ3) is 2.79. The van der Waals surface area contributed by atoms with Crippen LogP contribution in [-0.2, 0) is 33.2 Å². The van der Waals surface area contributed by atoms with E-state index in [4.69, 9.17) is 18.9 Å². The summed E-state index contributed by atoms with van der Waals surface area (Å²) >= 11 is 0. The summed E-state index contributed by atoms with van der Waals surface area (Å²) < 4.78 is 25.4. The van der Waals surface area contributed by atoms with Crippen molar-refractivity contribution in [2.24, 2.45) is 5.92 Å². The Labute approximate surface area is 262 Å². The molecule has 2 aromatic rings. The molecule has 2 spiro atoms. The summed E-state index contributed by atoms with van der Waals surface area (Å²) in [7, 11) is 7.70. The first-order valence-electron chi connectivity index (χ1n) is 16.5. The highest BCUT2D eigenvalue weighted by molar-refractivity contribution is 6.04. The van der Waals surface area contributed by atoms with E-state index >= 15 is 0 Å². The van der Waals surface area contributed by atoms with Crippen LogP contribution in [0.1, 0.15) is 47.9 Å². The molecule has 10 atom stereocenters. The second-order valence-electron chi connectivity index (χ2n) is 15.0. The number of Topliss-reactive ketones (excluding diaryl/α,β-unsaturated/α-hetero) is 1. The van der Waals surface area contributed by atoms with Gasteiger partial charge in [0.25, 0.3) is 0 Å². The van der Waals surface area contributed by atoms with Gasteiger partial charge in [0.05, 0.1) is 18.6 Å². The molecule has 4 heterocycles. The fourth-order valence-electron chi connectivity index (χ4n) is 12.0. The topological polar surface area (TPSA) is 101 Å². The van der Waals surface area contributed by atoms with Crippen LogP contribution < -0.4 is 14.2 Å². The Balaban J connectivity index is 1.17. The number of nitrogens with zero attached hydrogens (tertiary/aromatic N) is 2. The molecule has 45 heavy (non-hydrogen) atoms. The van der Waals surface area contributed by atoms with E-state index in [0.29, 0.717) is 36.5 Å². The van der Waals surface area contributed by atoms with Crippen LogP contribution in [0.2, 0.25) is 0 Å². The second kappa shape index (κ2) is 8.42. The van der Waals surface area contributed by atoms with Gasteiger partial charge in [-0.25, -0.2) is 0 Å². The maximum atomic E-state index is 15.0. The smallest absolute Gasteiger partial charge is 0.201 e. The number of aliphatic hydroxyl groups is 1. The molecule has 8 aliphatic rings. The summed E-state index contributed by atoms with van der Waals surface area (Å²) in [6, 6.07) is 7.58. The molecule has 10 rings (SSSR count). The van der Waals surface area contributed by atoms with Crippen LogP contribution in [0.4, 0.5) is 0 Å². The van der Waals surface area contributed by atoms with E-state index in [2.05, 4.69) is 30.0 Å². The van der Waals surface area contributed by atoms with Crippen LogP contribution in [0.5, 0.6) is 23.0 Å². The van der Waals surface area contributed by atoms with Gasteiger partial charge in [0.2, 0.25) is 5.78 Å². The molecule has 4 aliphatic carbocycles. The second-order valence-corrected chi connectivity index (χ2v) is 15.0. The normalized spacial score (nSPS) is 43.2. The van der Waals surface area contributed by atoms with Gasteiger partial charge in [0.15, 0.2) is 29.1 Å². The monoisotopic (exact) mass is 612 g/mol. The number of methoxy groups -OCH3 is 2. The maximum absolute atomic E-state index is 15.0. The number of aromatic hydroxyl groups is 1. The summed E-state index contributed by atoms with van der Waals surface area (Å²) in [5, 5.41) is 24.0. The molecule has 4 bridgehead atoms. The van der Waals surface area contributed by atoms with Crippen molar-refractivity contribution >= 4 is 5.78 Å². The molecule has 2 aromatic carbocycles. The van der Waals surface area contributed by atoms with E-state index in [1.807, 2.05) is 18.2 Å². The van der Waals surface area contributed by atoms with E-state index in [1.54, 1.807) is 20.3 Å². The van der Waals surface area contributed by atoms with E-state index in [0.717, 1.165) is 48.4 Å². The molecule has 3 unspecified atom stereocenters. The van der Waals surface area contributed by atoms with Crippen molar-refractivity contribution in [3.63, 3.8) is 0 Å². The summed E-state index contributed by atoms with van der Waals surface area (Å²) in [4.78, 5) is 19.6. The largest absolute Gasteiger partial charge is 0.504 e. The Kier molecular flexibility index (Phi) is 5.06. The van der Waals surface area contributed by atoms with Crippen LogP contribution in [0.25, 0.3) is 0 Å². The molecule has 9 heteroatoms. The van der Waals surface area contributed by atoms with Crippen LogP contribution in [0, 0.1) is 5.92 Å². The quantitative estimate of drug-likeness (QED) is 0.542. The van der Waals surface area contributed by atoms with Gasteiger partial charge in [-0.3, -0.25) is 14.6 Å². The lowest BCUT2D eigenvalue weighted by Crippen LogP contribution is -2.76. The first-order chi connectivity index (χ1) is 21.7. The van der Waals surface area contributed by atoms with Gasteiger partial charge in [-0.2, -0.15) is 0 Å². The molecular weight excluding hydrogens is 572 g/mol. The molecule has 236 valence electrons. The van der Waals surface area contributed by atoms with Crippen molar-refractivity contribution in [1.82, 2.24) is 9.80 Å². The lowest BCUT2D eigenvalue weighted by Gasteiger charge is -2.63. The predicted octanol–water partition coefficient (Wildman–Crippen LogP) is 2.65. The van der Waals surface area contributed by atoms with Crippen molar-refractivity contribution in [1.29, 1.82) is 0 Å². The number of phenolic OH excluding ortho intramolecular Hbond substituents is 1. The number of carbonyl (C=O) groups is 1. The van der Waals surface area contributed by atoms with Crippen molar-refractivity contribution < 1.29 is 34.0 Å². The molecule has 4 aliphatic heterocycles. The zero-order valence-electron chi connectivity index (χ0n) is 26.2. The number of hydrogen-bond donors (Lipinski definition) is 2.